The fourth-order valence-electron chi connectivity index (χ4n) is 3.09. The molecule has 0 radical (unpaired) electrons. The molecule has 0 bridgehead atoms. The second-order valence-electron chi connectivity index (χ2n) is 6.85. The monoisotopic (exact) mass is 422 g/mol. The molecule has 0 atom stereocenters. The fraction of sp³-hybridized carbons (Fsp3) is 0.400. The van der Waals surface area contributed by atoms with E-state index in [4.69, 9.17) is 16.3 Å². The van der Waals surface area contributed by atoms with E-state index in [1.54, 1.807) is 18.3 Å². The molecule has 0 aliphatic carbocycles. The third kappa shape index (κ3) is 4.97. The Morgan fingerprint density at radius 1 is 1.18 bits per heavy atom. The molecule has 2 aromatic rings. The Hall–Kier alpha value is -1.80. The van der Waals surface area contributed by atoms with Crippen molar-refractivity contribution in [1.29, 1.82) is 0 Å². The van der Waals surface area contributed by atoms with Gasteiger partial charge in [-0.1, -0.05) is 18.0 Å². The Balaban J connectivity index is 1.67. The van der Waals surface area contributed by atoms with Crippen LogP contribution in [0.25, 0.3) is 0 Å². The summed E-state index contributed by atoms with van der Waals surface area (Å²) in [5.41, 5.74) is 1.81. The van der Waals surface area contributed by atoms with Crippen molar-refractivity contribution in [2.75, 3.05) is 19.7 Å². The van der Waals surface area contributed by atoms with Crippen LogP contribution in [0.5, 0.6) is 0 Å². The number of halogens is 1. The number of ketones is 1. The molecule has 8 heteroatoms. The summed E-state index contributed by atoms with van der Waals surface area (Å²) in [4.78, 5) is 16.4. The van der Waals surface area contributed by atoms with Crippen LogP contribution in [0.4, 0.5) is 0 Å². The van der Waals surface area contributed by atoms with Crippen molar-refractivity contribution in [3.63, 3.8) is 0 Å². The van der Waals surface area contributed by atoms with Crippen LogP contribution in [0.2, 0.25) is 5.02 Å². The maximum absolute atomic E-state index is 12.8. The number of piperidine rings is 1. The van der Waals surface area contributed by atoms with E-state index in [-0.39, 0.29) is 23.9 Å². The van der Waals surface area contributed by atoms with Crippen LogP contribution in [-0.2, 0) is 21.4 Å². The van der Waals surface area contributed by atoms with Gasteiger partial charge in [0.15, 0.2) is 0 Å². The summed E-state index contributed by atoms with van der Waals surface area (Å²) < 4.78 is 32.7. The first-order valence-corrected chi connectivity index (χ1v) is 11.0. The molecule has 1 aliphatic rings. The van der Waals surface area contributed by atoms with Gasteiger partial charge in [0.25, 0.3) is 0 Å². The third-order valence-corrected chi connectivity index (χ3v) is 6.93. The quantitative estimate of drug-likeness (QED) is 0.637. The summed E-state index contributed by atoms with van der Waals surface area (Å²) in [6.45, 7) is 2.84. The standard InChI is InChI=1S/C20H23ClN2O4S/c1-15-7-8-22-19(11-15)20(24)14-27-13-16-12-17(5-6-18(16)21)28(25,26)23-9-3-2-4-10-23/h5-8,11-12H,2-4,9-10,13-14H2,1H3. The summed E-state index contributed by atoms with van der Waals surface area (Å²) >= 11 is 6.20. The zero-order chi connectivity index (χ0) is 20.1. The van der Waals surface area contributed by atoms with Crippen molar-refractivity contribution in [3.8, 4) is 0 Å². The minimum absolute atomic E-state index is 0.0414. The van der Waals surface area contributed by atoms with E-state index >= 15 is 0 Å². The lowest BCUT2D eigenvalue weighted by atomic mass is 10.2. The van der Waals surface area contributed by atoms with E-state index in [1.807, 2.05) is 13.0 Å². The van der Waals surface area contributed by atoms with Gasteiger partial charge in [0, 0.05) is 24.3 Å². The number of carbonyl (C=O) groups is 1. The molecular formula is C20H23ClN2O4S. The SMILES string of the molecule is Cc1ccnc(C(=O)COCc2cc(S(=O)(=O)N3CCCCC3)ccc2Cl)c1. The molecule has 0 unspecified atom stereocenters. The number of hydrogen-bond donors (Lipinski definition) is 0. The van der Waals surface area contributed by atoms with Gasteiger partial charge >= 0.3 is 0 Å². The molecule has 0 N–H and O–H groups in total. The van der Waals surface area contributed by atoms with Gasteiger partial charge in [0.2, 0.25) is 15.8 Å². The summed E-state index contributed by atoms with van der Waals surface area (Å²) in [6, 6.07) is 8.11. The molecule has 1 aliphatic heterocycles. The van der Waals surface area contributed by atoms with Crippen molar-refractivity contribution in [3.05, 3.63) is 58.4 Å². The van der Waals surface area contributed by atoms with Crippen molar-refractivity contribution >= 4 is 27.4 Å². The summed E-state index contributed by atoms with van der Waals surface area (Å²) in [5.74, 6) is -0.239. The topological polar surface area (TPSA) is 76.6 Å². The second-order valence-corrected chi connectivity index (χ2v) is 9.20. The van der Waals surface area contributed by atoms with E-state index < -0.39 is 10.0 Å². The number of Topliss-reactive ketones (excluding diaryl/α,β-unsaturated/α-hetero) is 1. The zero-order valence-electron chi connectivity index (χ0n) is 15.7. The average Bonchev–Trinajstić information content (AvgIpc) is 2.70. The molecule has 1 saturated heterocycles. The molecule has 2 heterocycles. The molecule has 1 aromatic carbocycles. The second kappa shape index (κ2) is 9.13. The molecule has 0 saturated carbocycles. The number of nitrogens with zero attached hydrogens (tertiary/aromatic N) is 2. The van der Waals surface area contributed by atoms with Gasteiger partial charge in [-0.05, 0) is 61.2 Å². The van der Waals surface area contributed by atoms with Crippen LogP contribution in [0.1, 0.15) is 40.9 Å². The lowest BCUT2D eigenvalue weighted by Crippen LogP contribution is -2.35. The van der Waals surface area contributed by atoms with E-state index in [9.17, 15) is 13.2 Å². The predicted octanol–water partition coefficient (Wildman–Crippen LogP) is 3.62. The number of carbonyl (C=O) groups excluding carboxylic acids is 1. The largest absolute Gasteiger partial charge is 0.368 e. The van der Waals surface area contributed by atoms with Crippen molar-refractivity contribution < 1.29 is 17.9 Å². The van der Waals surface area contributed by atoms with Gasteiger partial charge in [-0.15, -0.1) is 0 Å². The summed E-state index contributed by atoms with van der Waals surface area (Å²) in [7, 11) is -3.55. The van der Waals surface area contributed by atoms with E-state index in [0.29, 0.717) is 29.4 Å². The van der Waals surface area contributed by atoms with Crippen LogP contribution in [0, 0.1) is 6.92 Å². The minimum Gasteiger partial charge on any atom is -0.368 e. The highest BCUT2D eigenvalue weighted by Crippen LogP contribution is 2.25. The third-order valence-electron chi connectivity index (χ3n) is 4.66. The molecule has 3 rings (SSSR count). The first-order chi connectivity index (χ1) is 13.4. The summed E-state index contributed by atoms with van der Waals surface area (Å²) in [6.07, 6.45) is 4.37. The van der Waals surface area contributed by atoms with Crippen molar-refractivity contribution in [1.82, 2.24) is 9.29 Å². The Bertz CT molecular complexity index is 956. The number of aryl methyl sites for hydroxylation is 1. The van der Waals surface area contributed by atoms with E-state index in [2.05, 4.69) is 4.98 Å². The van der Waals surface area contributed by atoms with E-state index in [0.717, 1.165) is 24.8 Å². The Kier molecular flexibility index (Phi) is 6.82. The molecule has 150 valence electrons. The highest BCUT2D eigenvalue weighted by atomic mass is 35.5. The summed E-state index contributed by atoms with van der Waals surface area (Å²) in [5, 5.41) is 0.402. The number of pyridine rings is 1. The van der Waals surface area contributed by atoms with Gasteiger partial charge < -0.3 is 4.74 Å². The Morgan fingerprint density at radius 2 is 1.93 bits per heavy atom. The zero-order valence-corrected chi connectivity index (χ0v) is 17.3. The molecule has 1 fully saturated rings. The van der Waals surface area contributed by atoms with Crippen LogP contribution in [0.3, 0.4) is 0 Å². The number of hydrogen-bond acceptors (Lipinski definition) is 5. The number of aromatic nitrogens is 1. The van der Waals surface area contributed by atoms with E-state index in [1.165, 1.54) is 16.4 Å². The highest BCUT2D eigenvalue weighted by Gasteiger charge is 2.26. The molecule has 0 spiro atoms. The first kappa shape index (κ1) is 20.9. The Labute approximate surface area is 170 Å². The van der Waals surface area contributed by atoms with Gasteiger partial charge in [-0.2, -0.15) is 4.31 Å². The molecule has 0 amide bonds. The smallest absolute Gasteiger partial charge is 0.243 e. The lowest BCUT2D eigenvalue weighted by molar-refractivity contribution is 0.0721. The molecule has 6 nitrogen and oxygen atoms in total. The number of ether oxygens (including phenoxy) is 1. The van der Waals surface area contributed by atoms with Crippen LogP contribution in [-0.4, -0.2) is 43.2 Å². The number of benzene rings is 1. The number of rotatable bonds is 7. The molecule has 1 aromatic heterocycles. The maximum Gasteiger partial charge on any atom is 0.243 e. The maximum atomic E-state index is 12.8. The van der Waals surface area contributed by atoms with Gasteiger partial charge in [-0.25, -0.2) is 8.42 Å². The fourth-order valence-corrected chi connectivity index (χ4v) is 4.83. The molecular weight excluding hydrogens is 400 g/mol. The van der Waals surface area contributed by atoms with Crippen LogP contribution < -0.4 is 0 Å². The first-order valence-electron chi connectivity index (χ1n) is 9.20. The molecule has 28 heavy (non-hydrogen) atoms. The van der Waals surface area contributed by atoms with Gasteiger partial charge in [0.1, 0.15) is 12.3 Å². The Morgan fingerprint density at radius 3 is 2.64 bits per heavy atom. The normalized spacial score (nSPS) is 15.5. The average molecular weight is 423 g/mol. The number of sulfonamides is 1. The van der Waals surface area contributed by atoms with Gasteiger partial charge in [0.05, 0.1) is 11.5 Å². The highest BCUT2D eigenvalue weighted by molar-refractivity contribution is 7.89. The predicted molar refractivity (Wildman–Crippen MR) is 107 cm³/mol. The van der Waals surface area contributed by atoms with Crippen LogP contribution >= 0.6 is 11.6 Å². The lowest BCUT2D eigenvalue weighted by Gasteiger charge is -2.26. The minimum atomic E-state index is -3.55. The van der Waals surface area contributed by atoms with Crippen molar-refractivity contribution in [2.45, 2.75) is 37.7 Å². The van der Waals surface area contributed by atoms with Gasteiger partial charge in [-0.3, -0.25) is 9.78 Å². The van der Waals surface area contributed by atoms with Crippen molar-refractivity contribution in [2.24, 2.45) is 0 Å². The van der Waals surface area contributed by atoms with Crippen LogP contribution in [0.15, 0.2) is 41.4 Å².